The predicted molar refractivity (Wildman–Crippen MR) is 49.1 cm³/mol. The Morgan fingerprint density at radius 2 is 2.36 bits per heavy atom. The van der Waals surface area contributed by atoms with Crippen LogP contribution in [-0.2, 0) is 0 Å². The smallest absolute Gasteiger partial charge is 0.363 e. The van der Waals surface area contributed by atoms with E-state index in [1.54, 1.807) is 6.07 Å². The van der Waals surface area contributed by atoms with Crippen molar-refractivity contribution in [1.82, 2.24) is 4.98 Å². The highest BCUT2D eigenvalue weighted by Crippen LogP contribution is 2.29. The van der Waals surface area contributed by atoms with E-state index in [0.717, 1.165) is 0 Å². The summed E-state index contributed by atoms with van der Waals surface area (Å²) in [6.07, 6.45) is 3.83. The third kappa shape index (κ3) is 2.18. The van der Waals surface area contributed by atoms with Crippen molar-refractivity contribution in [2.45, 2.75) is 12.8 Å². The summed E-state index contributed by atoms with van der Waals surface area (Å²) in [7, 11) is 0. The highest BCUT2D eigenvalue weighted by atomic mass is 16.6. The highest BCUT2D eigenvalue weighted by Gasteiger charge is 2.22. The molecule has 1 heterocycles. The van der Waals surface area contributed by atoms with Crippen LogP contribution >= 0.6 is 0 Å². The molecule has 0 unspecified atom stereocenters. The fraction of sp³-hybridized carbons (Fsp3) is 0.444. The maximum atomic E-state index is 10.3. The second kappa shape index (κ2) is 3.61. The average molecular weight is 194 g/mol. The molecule has 0 radical (unpaired) electrons. The predicted octanol–water partition coefficient (Wildman–Crippen LogP) is 1.78. The summed E-state index contributed by atoms with van der Waals surface area (Å²) in [5.74, 6) is 1.12. The van der Waals surface area contributed by atoms with E-state index in [0.29, 0.717) is 18.3 Å². The third-order valence-corrected chi connectivity index (χ3v) is 2.09. The van der Waals surface area contributed by atoms with Crippen molar-refractivity contribution < 1.29 is 9.66 Å². The first kappa shape index (κ1) is 8.93. The standard InChI is InChI=1S/C9H10N2O3/c12-11(13)9-4-3-8(5-10-9)14-6-7-1-2-7/h3-5,7H,1-2,6H2. The topological polar surface area (TPSA) is 65.3 Å². The summed E-state index contributed by atoms with van der Waals surface area (Å²) in [6.45, 7) is 0.694. The number of pyridine rings is 1. The van der Waals surface area contributed by atoms with E-state index in [-0.39, 0.29) is 5.82 Å². The van der Waals surface area contributed by atoms with Gasteiger partial charge in [-0.1, -0.05) is 0 Å². The molecule has 2 rings (SSSR count). The largest absolute Gasteiger partial charge is 0.489 e. The van der Waals surface area contributed by atoms with Crippen LogP contribution in [0.25, 0.3) is 0 Å². The van der Waals surface area contributed by atoms with E-state index in [9.17, 15) is 10.1 Å². The Bertz CT molecular complexity index is 332. The van der Waals surface area contributed by atoms with Crippen molar-refractivity contribution in [3.63, 3.8) is 0 Å². The third-order valence-electron chi connectivity index (χ3n) is 2.09. The van der Waals surface area contributed by atoms with Gasteiger partial charge in [0, 0.05) is 6.07 Å². The number of aromatic nitrogens is 1. The molecule has 0 saturated heterocycles. The molecule has 14 heavy (non-hydrogen) atoms. The zero-order valence-electron chi connectivity index (χ0n) is 7.55. The maximum absolute atomic E-state index is 10.3. The molecule has 0 spiro atoms. The summed E-state index contributed by atoms with van der Waals surface area (Å²) in [5, 5.41) is 10.3. The second-order valence-electron chi connectivity index (χ2n) is 3.36. The van der Waals surface area contributed by atoms with Gasteiger partial charge in [-0.3, -0.25) is 0 Å². The number of nitro groups is 1. The van der Waals surface area contributed by atoms with E-state index < -0.39 is 4.92 Å². The van der Waals surface area contributed by atoms with Gasteiger partial charge >= 0.3 is 5.82 Å². The van der Waals surface area contributed by atoms with Crippen LogP contribution in [0.2, 0.25) is 0 Å². The van der Waals surface area contributed by atoms with Crippen LogP contribution < -0.4 is 4.74 Å². The average Bonchev–Trinajstić information content (AvgIpc) is 2.99. The molecule has 1 aromatic rings. The van der Waals surface area contributed by atoms with Gasteiger partial charge in [-0.05, 0) is 34.7 Å². The van der Waals surface area contributed by atoms with Gasteiger partial charge in [0.25, 0.3) is 0 Å². The van der Waals surface area contributed by atoms with Gasteiger partial charge in [-0.2, -0.15) is 0 Å². The van der Waals surface area contributed by atoms with Crippen LogP contribution in [0.1, 0.15) is 12.8 Å². The fourth-order valence-corrected chi connectivity index (χ4v) is 1.06. The zero-order valence-corrected chi connectivity index (χ0v) is 7.55. The molecular formula is C9H10N2O3. The molecule has 1 aliphatic rings. The van der Waals surface area contributed by atoms with Crippen LogP contribution in [0.15, 0.2) is 18.3 Å². The van der Waals surface area contributed by atoms with Gasteiger partial charge in [0.15, 0.2) is 11.9 Å². The molecule has 0 aromatic carbocycles. The molecule has 0 amide bonds. The summed E-state index contributed by atoms with van der Waals surface area (Å²) >= 11 is 0. The minimum Gasteiger partial charge on any atom is -0.489 e. The van der Waals surface area contributed by atoms with Gasteiger partial charge in [0.05, 0.1) is 6.61 Å². The normalized spacial score (nSPS) is 15.1. The van der Waals surface area contributed by atoms with Crippen LogP contribution in [-0.4, -0.2) is 16.5 Å². The van der Waals surface area contributed by atoms with Gasteiger partial charge in [-0.15, -0.1) is 0 Å². The second-order valence-corrected chi connectivity index (χ2v) is 3.36. The molecule has 0 N–H and O–H groups in total. The number of ether oxygens (including phenoxy) is 1. The summed E-state index contributed by atoms with van der Waals surface area (Å²) < 4.78 is 5.38. The molecule has 1 aliphatic carbocycles. The van der Waals surface area contributed by atoms with Crippen LogP contribution in [0.5, 0.6) is 5.75 Å². The minimum atomic E-state index is -0.523. The number of rotatable bonds is 4. The van der Waals surface area contributed by atoms with E-state index in [1.165, 1.54) is 25.1 Å². The number of hydrogen-bond acceptors (Lipinski definition) is 4. The van der Waals surface area contributed by atoms with Gasteiger partial charge in [-0.25, -0.2) is 0 Å². The molecule has 0 bridgehead atoms. The lowest BCUT2D eigenvalue weighted by molar-refractivity contribution is -0.389. The SMILES string of the molecule is O=[N+]([O-])c1ccc(OCC2CC2)cn1. The molecule has 74 valence electrons. The summed E-state index contributed by atoms with van der Waals surface area (Å²) in [5.41, 5.74) is 0. The van der Waals surface area contributed by atoms with Crippen molar-refractivity contribution in [2.24, 2.45) is 5.92 Å². The highest BCUT2D eigenvalue weighted by molar-refractivity contribution is 5.26. The monoisotopic (exact) mass is 194 g/mol. The molecule has 0 atom stereocenters. The van der Waals surface area contributed by atoms with Crippen LogP contribution in [0, 0.1) is 16.0 Å². The van der Waals surface area contributed by atoms with Gasteiger partial charge in [0.2, 0.25) is 0 Å². The van der Waals surface area contributed by atoms with Crippen LogP contribution in [0.3, 0.4) is 0 Å². The summed E-state index contributed by atoms with van der Waals surface area (Å²) in [6, 6.07) is 2.93. The molecule has 5 nitrogen and oxygen atoms in total. The number of hydrogen-bond donors (Lipinski definition) is 0. The Kier molecular flexibility index (Phi) is 2.30. The minimum absolute atomic E-state index is 0.149. The zero-order chi connectivity index (χ0) is 9.97. The van der Waals surface area contributed by atoms with Gasteiger partial charge in [0.1, 0.15) is 0 Å². The van der Waals surface area contributed by atoms with Crippen molar-refractivity contribution in [2.75, 3.05) is 6.61 Å². The van der Waals surface area contributed by atoms with Crippen molar-refractivity contribution in [3.05, 3.63) is 28.4 Å². The summed E-state index contributed by atoms with van der Waals surface area (Å²) in [4.78, 5) is 13.4. The molecule has 1 fully saturated rings. The number of nitrogens with zero attached hydrogens (tertiary/aromatic N) is 2. The molecule has 5 heteroatoms. The fourth-order valence-electron chi connectivity index (χ4n) is 1.06. The van der Waals surface area contributed by atoms with E-state index in [1.807, 2.05) is 0 Å². The lowest BCUT2D eigenvalue weighted by atomic mass is 10.4. The maximum Gasteiger partial charge on any atom is 0.363 e. The van der Waals surface area contributed by atoms with Crippen molar-refractivity contribution in [3.8, 4) is 5.75 Å². The van der Waals surface area contributed by atoms with Crippen molar-refractivity contribution >= 4 is 5.82 Å². The Hall–Kier alpha value is -1.65. The van der Waals surface area contributed by atoms with Crippen LogP contribution in [0.4, 0.5) is 5.82 Å². The Morgan fingerprint density at radius 1 is 1.57 bits per heavy atom. The van der Waals surface area contributed by atoms with E-state index >= 15 is 0 Å². The first-order valence-electron chi connectivity index (χ1n) is 4.49. The first-order chi connectivity index (χ1) is 6.75. The van der Waals surface area contributed by atoms with E-state index in [4.69, 9.17) is 4.74 Å². The Morgan fingerprint density at radius 3 is 2.86 bits per heavy atom. The Labute approximate surface area is 80.9 Å². The molecular weight excluding hydrogens is 184 g/mol. The molecule has 1 aromatic heterocycles. The molecule has 0 aliphatic heterocycles. The quantitative estimate of drug-likeness (QED) is 0.541. The lowest BCUT2D eigenvalue weighted by Crippen LogP contribution is -1.99. The lowest BCUT2D eigenvalue weighted by Gasteiger charge is -2.01. The molecule has 1 saturated carbocycles. The van der Waals surface area contributed by atoms with Gasteiger partial charge < -0.3 is 14.9 Å². The first-order valence-corrected chi connectivity index (χ1v) is 4.49. The Balaban J connectivity index is 1.94. The van der Waals surface area contributed by atoms with E-state index in [2.05, 4.69) is 4.98 Å². The van der Waals surface area contributed by atoms with Crippen molar-refractivity contribution in [1.29, 1.82) is 0 Å².